The molecule has 5 heterocycles. The summed E-state index contributed by atoms with van der Waals surface area (Å²) in [7, 11) is 0. The summed E-state index contributed by atoms with van der Waals surface area (Å²) in [5, 5.41) is 12.8. The van der Waals surface area contributed by atoms with Crippen molar-refractivity contribution in [2.45, 2.75) is 50.6 Å². The van der Waals surface area contributed by atoms with Gasteiger partial charge in [-0.15, -0.1) is 0 Å². The number of ether oxygens (including phenoxy) is 1. The minimum atomic E-state index is -4.62. The van der Waals surface area contributed by atoms with Crippen molar-refractivity contribution in [3.8, 4) is 0 Å². The van der Waals surface area contributed by atoms with Gasteiger partial charge >= 0.3 is 18.3 Å². The Morgan fingerprint density at radius 1 is 1.27 bits per heavy atom. The Morgan fingerprint density at radius 2 is 2.05 bits per heavy atom. The summed E-state index contributed by atoms with van der Waals surface area (Å²) < 4.78 is 46.1. The Labute approximate surface area is 226 Å². The molecule has 0 unspecified atom stereocenters. The van der Waals surface area contributed by atoms with E-state index in [0.717, 1.165) is 10.5 Å². The maximum atomic E-state index is 13.5. The van der Waals surface area contributed by atoms with Crippen molar-refractivity contribution in [3.05, 3.63) is 52.8 Å². The molecule has 0 radical (unpaired) electrons. The van der Waals surface area contributed by atoms with Crippen LogP contribution < -0.4 is 10.6 Å². The van der Waals surface area contributed by atoms with E-state index in [2.05, 4.69) is 25.8 Å². The number of aryl methyl sites for hydroxylation is 1. The maximum absolute atomic E-state index is 13.5. The number of carbonyl (C=O) groups excluding carboxylic acids is 3. The summed E-state index contributed by atoms with van der Waals surface area (Å²) in [6.45, 7) is 0.552. The Balaban J connectivity index is 1.23. The lowest BCUT2D eigenvalue weighted by molar-refractivity contribution is -0.163. The highest BCUT2D eigenvalue weighted by molar-refractivity contribution is 5.91. The third-order valence-electron chi connectivity index (χ3n) is 7.85. The highest BCUT2D eigenvalue weighted by Crippen LogP contribution is 2.42. The Morgan fingerprint density at radius 3 is 2.80 bits per heavy atom. The number of benzene rings is 1. The van der Waals surface area contributed by atoms with Crippen LogP contribution in [-0.2, 0) is 28.1 Å². The Kier molecular flexibility index (Phi) is 6.07. The molecule has 40 heavy (non-hydrogen) atoms. The van der Waals surface area contributed by atoms with E-state index in [4.69, 9.17) is 4.74 Å². The molecule has 4 amide bonds. The normalized spacial score (nSPS) is 20.4. The van der Waals surface area contributed by atoms with Gasteiger partial charge in [-0.2, -0.15) is 18.3 Å². The number of amides is 4. The van der Waals surface area contributed by atoms with Crippen molar-refractivity contribution in [2.24, 2.45) is 0 Å². The summed E-state index contributed by atoms with van der Waals surface area (Å²) in [6, 6.07) is 3.60. The molecule has 3 aliphatic heterocycles. The number of halogens is 3. The number of likely N-dealkylation sites (tertiary alicyclic amines) is 1. The van der Waals surface area contributed by atoms with Crippen molar-refractivity contribution in [2.75, 3.05) is 25.0 Å². The van der Waals surface area contributed by atoms with Crippen molar-refractivity contribution in [3.63, 3.8) is 0 Å². The SMILES string of the molecule is Cc1cc2c(c3cn[nH]c13)CN(CC(F)(F)F)C(=O)[C@@H](NC(=O)N1CCC3(CC1)OC(=O)Nc1ncccc13)C2. The molecule has 0 saturated carbocycles. The van der Waals surface area contributed by atoms with E-state index >= 15 is 0 Å². The molecule has 1 saturated heterocycles. The van der Waals surface area contributed by atoms with Gasteiger partial charge in [-0.3, -0.25) is 15.2 Å². The zero-order valence-corrected chi connectivity index (χ0v) is 21.5. The number of carbonyl (C=O) groups is 3. The van der Waals surface area contributed by atoms with Crippen molar-refractivity contribution < 1.29 is 32.3 Å². The number of anilines is 1. The molecule has 3 aliphatic rings. The number of H-pyrrole nitrogens is 1. The van der Waals surface area contributed by atoms with E-state index in [0.29, 0.717) is 46.3 Å². The monoisotopic (exact) mass is 557 g/mol. The van der Waals surface area contributed by atoms with Gasteiger partial charge < -0.3 is 19.9 Å². The van der Waals surface area contributed by atoms with Crippen LogP contribution in [0.5, 0.6) is 0 Å². The molecular formula is C26H26F3N7O4. The second-order valence-electron chi connectivity index (χ2n) is 10.4. The van der Waals surface area contributed by atoms with E-state index in [-0.39, 0.29) is 26.1 Å². The molecule has 3 aromatic rings. The highest BCUT2D eigenvalue weighted by atomic mass is 19.4. The number of alkyl halides is 3. The van der Waals surface area contributed by atoms with Crippen LogP contribution in [0.1, 0.15) is 35.1 Å². The van der Waals surface area contributed by atoms with Crippen LogP contribution >= 0.6 is 0 Å². The first-order chi connectivity index (χ1) is 19.0. The molecule has 1 aromatic carbocycles. The predicted molar refractivity (Wildman–Crippen MR) is 135 cm³/mol. The van der Waals surface area contributed by atoms with E-state index in [9.17, 15) is 27.6 Å². The second-order valence-corrected chi connectivity index (χ2v) is 10.4. The second kappa shape index (κ2) is 9.38. The maximum Gasteiger partial charge on any atom is 0.413 e. The number of pyridine rings is 1. The molecule has 210 valence electrons. The molecule has 0 bridgehead atoms. The van der Waals surface area contributed by atoms with Crippen LogP contribution in [0.3, 0.4) is 0 Å². The Bertz CT molecular complexity index is 1510. The molecule has 11 nitrogen and oxygen atoms in total. The first kappa shape index (κ1) is 25.9. The molecule has 14 heteroatoms. The van der Waals surface area contributed by atoms with Crippen molar-refractivity contribution in [1.82, 2.24) is 30.3 Å². The zero-order chi connectivity index (χ0) is 28.2. The molecule has 6 rings (SSSR count). The van der Waals surface area contributed by atoms with Gasteiger partial charge in [0.15, 0.2) is 0 Å². The van der Waals surface area contributed by atoms with Gasteiger partial charge in [-0.1, -0.05) is 6.07 Å². The van der Waals surface area contributed by atoms with Crippen LogP contribution in [0.4, 0.5) is 28.6 Å². The molecular weight excluding hydrogens is 531 g/mol. The number of piperidine rings is 1. The Hall–Kier alpha value is -4.36. The molecule has 1 fully saturated rings. The molecule has 3 N–H and O–H groups in total. The van der Waals surface area contributed by atoms with Crippen molar-refractivity contribution >= 4 is 34.8 Å². The number of aromatic nitrogens is 3. The fourth-order valence-corrected chi connectivity index (χ4v) is 5.95. The molecule has 2 aromatic heterocycles. The minimum Gasteiger partial charge on any atom is -0.437 e. The highest BCUT2D eigenvalue weighted by Gasteiger charge is 2.46. The van der Waals surface area contributed by atoms with E-state index in [1.807, 2.05) is 19.1 Å². The lowest BCUT2D eigenvalue weighted by Crippen LogP contribution is -2.56. The van der Waals surface area contributed by atoms with E-state index in [1.54, 1.807) is 18.5 Å². The molecule has 0 aliphatic carbocycles. The minimum absolute atomic E-state index is 0.0380. The quantitative estimate of drug-likeness (QED) is 0.443. The smallest absolute Gasteiger partial charge is 0.413 e. The van der Waals surface area contributed by atoms with E-state index < -0.39 is 42.4 Å². The molecule has 1 atom stereocenters. The number of hydrogen-bond acceptors (Lipinski definition) is 6. The number of aromatic amines is 1. The standard InChI is InChI=1S/C26H26F3N7O4/c1-14-9-15-10-19(22(37)36(13-26(27,28)29)12-17(15)16-11-31-34-20(14)16)32-23(38)35-7-4-25(5-8-35)18-3-2-6-30-21(18)33-24(39)40-25/h2-3,6,9,11,19H,4-5,7-8,10,12-13H2,1H3,(H,31,34)(H,32,38)(H,30,33,39)/t19-/m0/s1. The fourth-order valence-electron chi connectivity index (χ4n) is 5.95. The topological polar surface area (TPSA) is 133 Å². The lowest BCUT2D eigenvalue weighted by Gasteiger charge is -2.43. The average Bonchev–Trinajstić information content (AvgIpc) is 3.36. The summed E-state index contributed by atoms with van der Waals surface area (Å²) in [5.74, 6) is -0.400. The van der Waals surface area contributed by atoms with Crippen LogP contribution in [0.25, 0.3) is 10.9 Å². The molecule has 1 spiro atoms. The van der Waals surface area contributed by atoms with Gasteiger partial charge in [0, 0.05) is 56.0 Å². The predicted octanol–water partition coefficient (Wildman–Crippen LogP) is 3.34. The average molecular weight is 558 g/mol. The number of hydrogen-bond donors (Lipinski definition) is 3. The van der Waals surface area contributed by atoms with Crippen LogP contribution in [0.2, 0.25) is 0 Å². The summed E-state index contributed by atoms with van der Waals surface area (Å²) >= 11 is 0. The van der Waals surface area contributed by atoms with Crippen LogP contribution in [-0.4, -0.2) is 74.9 Å². The summed E-state index contributed by atoms with van der Waals surface area (Å²) in [4.78, 5) is 45.3. The number of nitrogens with zero attached hydrogens (tertiary/aromatic N) is 4. The lowest BCUT2D eigenvalue weighted by atomic mass is 9.83. The number of fused-ring (bicyclic) bond motifs is 5. The van der Waals surface area contributed by atoms with Gasteiger partial charge in [0.05, 0.1) is 11.7 Å². The van der Waals surface area contributed by atoms with Crippen molar-refractivity contribution in [1.29, 1.82) is 0 Å². The van der Waals surface area contributed by atoms with Gasteiger partial charge in [-0.25, -0.2) is 14.6 Å². The fraction of sp³-hybridized carbons (Fsp3) is 0.423. The zero-order valence-electron chi connectivity index (χ0n) is 21.5. The third-order valence-corrected chi connectivity index (χ3v) is 7.85. The largest absolute Gasteiger partial charge is 0.437 e. The van der Waals surface area contributed by atoms with Gasteiger partial charge in [0.2, 0.25) is 5.91 Å². The summed E-state index contributed by atoms with van der Waals surface area (Å²) in [5.41, 5.74) is 2.55. The van der Waals surface area contributed by atoms with Crippen LogP contribution in [0, 0.1) is 6.92 Å². The van der Waals surface area contributed by atoms with Crippen LogP contribution in [0.15, 0.2) is 30.6 Å². The number of rotatable bonds is 2. The van der Waals surface area contributed by atoms with E-state index in [1.165, 1.54) is 4.90 Å². The van der Waals surface area contributed by atoms with Gasteiger partial charge in [-0.05, 0) is 35.7 Å². The number of nitrogens with one attached hydrogen (secondary N) is 3. The third kappa shape index (κ3) is 4.56. The van der Waals surface area contributed by atoms with Gasteiger partial charge in [0.25, 0.3) is 0 Å². The number of urea groups is 1. The first-order valence-electron chi connectivity index (χ1n) is 12.8. The summed E-state index contributed by atoms with van der Waals surface area (Å²) in [6.07, 6.45) is -1.51. The first-order valence-corrected chi connectivity index (χ1v) is 12.8. The van der Waals surface area contributed by atoms with Gasteiger partial charge in [0.1, 0.15) is 24.0 Å².